The van der Waals surface area contributed by atoms with E-state index in [9.17, 15) is 14.0 Å². The number of aryl methyl sites for hydroxylation is 1. The van der Waals surface area contributed by atoms with E-state index < -0.39 is 24.3 Å². The van der Waals surface area contributed by atoms with Crippen LogP contribution in [0.25, 0.3) is 0 Å². The summed E-state index contributed by atoms with van der Waals surface area (Å²) in [6.07, 6.45) is 0. The van der Waals surface area contributed by atoms with Crippen molar-refractivity contribution < 1.29 is 23.2 Å². The number of nitrogens with zero attached hydrogens (tertiary/aromatic N) is 1. The van der Waals surface area contributed by atoms with Crippen molar-refractivity contribution in [3.05, 3.63) is 47.5 Å². The normalized spacial score (nSPS) is 10.1. The first kappa shape index (κ1) is 13.7. The van der Waals surface area contributed by atoms with Gasteiger partial charge < -0.3 is 14.6 Å². The van der Waals surface area contributed by atoms with E-state index in [1.54, 1.807) is 6.92 Å². The van der Waals surface area contributed by atoms with Crippen LogP contribution >= 0.6 is 0 Å². The summed E-state index contributed by atoms with van der Waals surface area (Å²) >= 11 is 0. The molecule has 0 radical (unpaired) electrons. The average molecular weight is 278 g/mol. The lowest BCUT2D eigenvalue weighted by Crippen LogP contribution is -2.21. The average Bonchev–Trinajstić information content (AvgIpc) is 2.82. The summed E-state index contributed by atoms with van der Waals surface area (Å²) in [5.74, 6) is -0.931. The molecule has 1 amide bonds. The van der Waals surface area contributed by atoms with Gasteiger partial charge in [-0.1, -0.05) is 5.16 Å². The van der Waals surface area contributed by atoms with E-state index in [4.69, 9.17) is 9.26 Å². The van der Waals surface area contributed by atoms with Crippen LogP contribution in [0, 0.1) is 12.7 Å². The number of carbonyl (C=O) groups is 2. The van der Waals surface area contributed by atoms with E-state index in [1.807, 2.05) is 0 Å². The Morgan fingerprint density at radius 2 is 2.05 bits per heavy atom. The molecule has 0 spiro atoms. The van der Waals surface area contributed by atoms with Gasteiger partial charge in [-0.2, -0.15) is 0 Å². The first-order valence-electron chi connectivity index (χ1n) is 5.70. The number of nitrogens with one attached hydrogen (secondary N) is 1. The van der Waals surface area contributed by atoms with E-state index in [0.29, 0.717) is 5.76 Å². The first-order valence-corrected chi connectivity index (χ1v) is 5.70. The molecule has 2 aromatic rings. The van der Waals surface area contributed by atoms with Crippen molar-refractivity contribution >= 4 is 17.7 Å². The molecule has 1 aromatic heterocycles. The molecule has 0 aliphatic rings. The van der Waals surface area contributed by atoms with Crippen LogP contribution < -0.4 is 5.32 Å². The molecule has 0 aliphatic heterocycles. The van der Waals surface area contributed by atoms with Gasteiger partial charge in [0.05, 0.1) is 5.56 Å². The second-order valence-electron chi connectivity index (χ2n) is 3.95. The van der Waals surface area contributed by atoms with Crippen LogP contribution in [0.4, 0.5) is 10.2 Å². The lowest BCUT2D eigenvalue weighted by molar-refractivity contribution is -0.119. The van der Waals surface area contributed by atoms with Crippen molar-refractivity contribution in [2.75, 3.05) is 11.9 Å². The summed E-state index contributed by atoms with van der Waals surface area (Å²) in [5.41, 5.74) is 0.163. The van der Waals surface area contributed by atoms with Gasteiger partial charge in [0.1, 0.15) is 11.6 Å². The molecule has 7 heteroatoms. The Balaban J connectivity index is 1.84. The molecule has 104 valence electrons. The topological polar surface area (TPSA) is 81.4 Å². The van der Waals surface area contributed by atoms with Gasteiger partial charge in [-0.05, 0) is 31.2 Å². The zero-order chi connectivity index (χ0) is 14.5. The molecular weight excluding hydrogens is 267 g/mol. The van der Waals surface area contributed by atoms with Crippen LogP contribution in [0.1, 0.15) is 16.1 Å². The minimum Gasteiger partial charge on any atom is -0.452 e. The Labute approximate surface area is 113 Å². The van der Waals surface area contributed by atoms with Gasteiger partial charge in [-0.15, -0.1) is 0 Å². The fourth-order valence-electron chi connectivity index (χ4n) is 1.40. The maximum atomic E-state index is 12.7. The second-order valence-corrected chi connectivity index (χ2v) is 3.95. The number of hydrogen-bond acceptors (Lipinski definition) is 5. The molecular formula is C13H11FN2O4. The zero-order valence-electron chi connectivity index (χ0n) is 10.6. The van der Waals surface area contributed by atoms with Gasteiger partial charge in [0.15, 0.2) is 12.4 Å². The number of benzene rings is 1. The monoisotopic (exact) mass is 278 g/mol. The third-order valence-electron chi connectivity index (χ3n) is 2.31. The number of esters is 1. The number of halogens is 1. The minimum absolute atomic E-state index is 0.163. The Hall–Kier alpha value is -2.70. The molecule has 6 nitrogen and oxygen atoms in total. The molecule has 0 saturated heterocycles. The van der Waals surface area contributed by atoms with Gasteiger partial charge in [0.2, 0.25) is 0 Å². The van der Waals surface area contributed by atoms with Gasteiger partial charge in [-0.25, -0.2) is 9.18 Å². The number of ether oxygens (including phenoxy) is 1. The molecule has 0 fully saturated rings. The number of carbonyl (C=O) groups excluding carboxylic acids is 2. The van der Waals surface area contributed by atoms with E-state index in [-0.39, 0.29) is 11.4 Å². The molecule has 0 unspecified atom stereocenters. The highest BCUT2D eigenvalue weighted by Gasteiger charge is 2.11. The number of rotatable bonds is 4. The van der Waals surface area contributed by atoms with Crippen molar-refractivity contribution in [2.24, 2.45) is 0 Å². The van der Waals surface area contributed by atoms with Crippen LogP contribution in [-0.2, 0) is 9.53 Å². The van der Waals surface area contributed by atoms with Crippen molar-refractivity contribution in [3.63, 3.8) is 0 Å². The first-order chi connectivity index (χ1) is 9.54. The summed E-state index contributed by atoms with van der Waals surface area (Å²) < 4.78 is 22.2. The quantitative estimate of drug-likeness (QED) is 0.864. The molecule has 20 heavy (non-hydrogen) atoms. The lowest BCUT2D eigenvalue weighted by atomic mass is 10.2. The fourth-order valence-corrected chi connectivity index (χ4v) is 1.40. The fraction of sp³-hybridized carbons (Fsp3) is 0.154. The van der Waals surface area contributed by atoms with E-state index in [2.05, 4.69) is 10.5 Å². The molecule has 0 atom stereocenters. The Kier molecular flexibility index (Phi) is 4.09. The third kappa shape index (κ3) is 3.64. The predicted molar refractivity (Wildman–Crippen MR) is 66.6 cm³/mol. The SMILES string of the molecule is Cc1cc(NC(=O)COC(=O)c2ccc(F)cc2)no1. The maximum Gasteiger partial charge on any atom is 0.338 e. The van der Waals surface area contributed by atoms with E-state index >= 15 is 0 Å². The van der Waals surface area contributed by atoms with Crippen LogP contribution in [-0.4, -0.2) is 23.6 Å². The summed E-state index contributed by atoms with van der Waals surface area (Å²) in [7, 11) is 0. The summed E-state index contributed by atoms with van der Waals surface area (Å²) in [4.78, 5) is 23.0. The van der Waals surface area contributed by atoms with Crippen molar-refractivity contribution in [1.29, 1.82) is 0 Å². The maximum absolute atomic E-state index is 12.7. The predicted octanol–water partition coefficient (Wildman–Crippen LogP) is 1.92. The summed E-state index contributed by atoms with van der Waals surface area (Å²) in [6, 6.07) is 6.34. The molecule has 1 aromatic carbocycles. The van der Waals surface area contributed by atoms with Gasteiger partial charge >= 0.3 is 5.97 Å². The Morgan fingerprint density at radius 3 is 2.65 bits per heavy atom. The van der Waals surface area contributed by atoms with Crippen LogP contribution in [0.3, 0.4) is 0 Å². The summed E-state index contributed by atoms with van der Waals surface area (Å²) in [6.45, 7) is 1.21. The van der Waals surface area contributed by atoms with Crippen LogP contribution in [0.5, 0.6) is 0 Å². The molecule has 1 heterocycles. The minimum atomic E-state index is -0.712. The van der Waals surface area contributed by atoms with E-state index in [0.717, 1.165) is 12.1 Å². The van der Waals surface area contributed by atoms with E-state index in [1.165, 1.54) is 18.2 Å². The number of amides is 1. The molecule has 0 bridgehead atoms. The standard InChI is InChI=1S/C13H11FN2O4/c1-8-6-11(16-20-8)15-12(17)7-19-13(18)9-2-4-10(14)5-3-9/h2-6H,7H2,1H3,(H,15,16,17). The van der Waals surface area contributed by atoms with Crippen molar-refractivity contribution in [3.8, 4) is 0 Å². The second kappa shape index (κ2) is 5.96. The Bertz CT molecular complexity index is 622. The number of anilines is 1. The summed E-state index contributed by atoms with van der Waals surface area (Å²) in [5, 5.41) is 5.96. The van der Waals surface area contributed by atoms with Crippen LogP contribution in [0.15, 0.2) is 34.9 Å². The Morgan fingerprint density at radius 1 is 1.35 bits per heavy atom. The zero-order valence-corrected chi connectivity index (χ0v) is 10.6. The number of hydrogen-bond donors (Lipinski definition) is 1. The van der Waals surface area contributed by atoms with Crippen LogP contribution in [0.2, 0.25) is 0 Å². The van der Waals surface area contributed by atoms with Crippen molar-refractivity contribution in [2.45, 2.75) is 6.92 Å². The third-order valence-corrected chi connectivity index (χ3v) is 2.31. The van der Waals surface area contributed by atoms with Gasteiger partial charge in [0.25, 0.3) is 5.91 Å². The molecule has 0 aliphatic carbocycles. The highest BCUT2D eigenvalue weighted by atomic mass is 19.1. The molecule has 2 rings (SSSR count). The number of aromatic nitrogens is 1. The van der Waals surface area contributed by atoms with Gasteiger partial charge in [0, 0.05) is 6.07 Å². The van der Waals surface area contributed by atoms with Gasteiger partial charge in [-0.3, -0.25) is 4.79 Å². The van der Waals surface area contributed by atoms with Crippen molar-refractivity contribution in [1.82, 2.24) is 5.16 Å². The highest BCUT2D eigenvalue weighted by Crippen LogP contribution is 2.07. The largest absolute Gasteiger partial charge is 0.452 e. The molecule has 0 saturated carbocycles. The lowest BCUT2D eigenvalue weighted by Gasteiger charge is -2.04. The smallest absolute Gasteiger partial charge is 0.338 e. The molecule has 1 N–H and O–H groups in total. The highest BCUT2D eigenvalue weighted by molar-refractivity contribution is 5.94.